The summed E-state index contributed by atoms with van der Waals surface area (Å²) >= 11 is 0. The Balaban J connectivity index is 1.90. The van der Waals surface area contributed by atoms with Crippen molar-refractivity contribution in [2.24, 2.45) is 5.41 Å². The van der Waals surface area contributed by atoms with Crippen LogP contribution in [0.25, 0.3) is 0 Å². The van der Waals surface area contributed by atoms with E-state index in [0.717, 1.165) is 13.2 Å². The Hall–Kier alpha value is -0.860. The lowest BCUT2D eigenvalue weighted by Gasteiger charge is -2.56. The van der Waals surface area contributed by atoms with E-state index in [2.05, 4.69) is 44.4 Å². The van der Waals surface area contributed by atoms with E-state index in [1.807, 2.05) is 0 Å². The molecule has 0 saturated heterocycles. The molecule has 104 valence electrons. The largest absolute Gasteiger partial charge is 0.372 e. The van der Waals surface area contributed by atoms with Crippen LogP contribution in [-0.4, -0.2) is 13.1 Å². The molecule has 0 spiro atoms. The topological polar surface area (TPSA) is 21.3 Å². The summed E-state index contributed by atoms with van der Waals surface area (Å²) in [6.45, 7) is 6.29. The second-order valence-electron chi connectivity index (χ2n) is 6.09. The Morgan fingerprint density at radius 1 is 1.21 bits per heavy atom. The Bertz CT molecular complexity index is 464. The van der Waals surface area contributed by atoms with Gasteiger partial charge in [0.15, 0.2) is 0 Å². The van der Waals surface area contributed by atoms with Crippen LogP contribution in [0, 0.1) is 5.41 Å². The van der Waals surface area contributed by atoms with Crippen LogP contribution < -0.4 is 5.32 Å². The Morgan fingerprint density at radius 2 is 1.95 bits per heavy atom. The van der Waals surface area contributed by atoms with E-state index in [1.165, 1.54) is 36.0 Å². The number of hydrogen-bond donors (Lipinski definition) is 1. The molecule has 3 rings (SSSR count). The van der Waals surface area contributed by atoms with Gasteiger partial charge in [-0.25, -0.2) is 0 Å². The molecule has 2 nitrogen and oxygen atoms in total. The molecule has 1 heterocycles. The molecule has 1 aliphatic carbocycles. The maximum absolute atomic E-state index is 5.54. The lowest BCUT2D eigenvalue weighted by Crippen LogP contribution is -2.57. The van der Waals surface area contributed by atoms with Crippen LogP contribution in [-0.2, 0) is 18.0 Å². The van der Waals surface area contributed by atoms with E-state index in [1.54, 1.807) is 0 Å². The lowest BCUT2D eigenvalue weighted by atomic mass is 9.52. The predicted octanol–water partition coefficient (Wildman–Crippen LogP) is 3.60. The van der Waals surface area contributed by atoms with Gasteiger partial charge in [0.2, 0.25) is 0 Å². The quantitative estimate of drug-likeness (QED) is 0.892. The summed E-state index contributed by atoms with van der Waals surface area (Å²) in [5.74, 6) is 0.714. The second kappa shape index (κ2) is 4.92. The first kappa shape index (κ1) is 13.1. The zero-order chi connectivity index (χ0) is 13.5. The molecule has 2 heteroatoms. The third-order valence-corrected chi connectivity index (χ3v) is 5.67. The first-order chi connectivity index (χ1) is 9.25. The maximum atomic E-state index is 5.54. The summed E-state index contributed by atoms with van der Waals surface area (Å²) in [6.07, 6.45) is 3.79. The zero-order valence-corrected chi connectivity index (χ0v) is 12.3. The van der Waals surface area contributed by atoms with Gasteiger partial charge in [0, 0.05) is 6.04 Å². The van der Waals surface area contributed by atoms with Crippen molar-refractivity contribution in [2.75, 3.05) is 7.05 Å². The fourth-order valence-corrected chi connectivity index (χ4v) is 4.31. The molecular formula is C17H25NO. The van der Waals surface area contributed by atoms with Crippen LogP contribution in [0.15, 0.2) is 18.2 Å². The number of ether oxygens (including phenoxy) is 1. The van der Waals surface area contributed by atoms with Crippen LogP contribution in [0.1, 0.15) is 55.7 Å². The number of nitrogens with one attached hydrogen (secondary N) is 1. The monoisotopic (exact) mass is 259 g/mol. The summed E-state index contributed by atoms with van der Waals surface area (Å²) in [5, 5.41) is 3.52. The van der Waals surface area contributed by atoms with Crippen molar-refractivity contribution in [3.63, 3.8) is 0 Å². The van der Waals surface area contributed by atoms with Crippen LogP contribution in [0.5, 0.6) is 0 Å². The van der Waals surface area contributed by atoms with Crippen molar-refractivity contribution in [1.29, 1.82) is 0 Å². The standard InChI is InChI=1S/C17H25NO/c1-4-17(5-2)15(9-16(17)18-3)12-6-7-13-10-19-11-14(13)8-12/h6-8,15-16,18H,4-5,9-11H2,1-3H3. The highest BCUT2D eigenvalue weighted by Gasteiger charge is 2.52. The van der Waals surface area contributed by atoms with Crippen molar-refractivity contribution in [2.45, 2.75) is 58.3 Å². The normalized spacial score (nSPS) is 27.9. The third kappa shape index (κ3) is 1.85. The predicted molar refractivity (Wildman–Crippen MR) is 78.2 cm³/mol. The van der Waals surface area contributed by atoms with Gasteiger partial charge in [0.1, 0.15) is 0 Å². The van der Waals surface area contributed by atoms with E-state index < -0.39 is 0 Å². The number of rotatable bonds is 4. The smallest absolute Gasteiger partial charge is 0.0725 e. The molecular weight excluding hydrogens is 234 g/mol. The molecule has 1 saturated carbocycles. The zero-order valence-electron chi connectivity index (χ0n) is 12.3. The first-order valence-corrected chi connectivity index (χ1v) is 7.62. The van der Waals surface area contributed by atoms with Gasteiger partial charge >= 0.3 is 0 Å². The van der Waals surface area contributed by atoms with E-state index in [-0.39, 0.29) is 0 Å². The summed E-state index contributed by atoms with van der Waals surface area (Å²) in [4.78, 5) is 0. The Morgan fingerprint density at radius 3 is 2.63 bits per heavy atom. The average Bonchev–Trinajstić information content (AvgIpc) is 2.87. The summed E-state index contributed by atoms with van der Waals surface area (Å²) < 4.78 is 5.54. The van der Waals surface area contributed by atoms with Crippen molar-refractivity contribution in [3.05, 3.63) is 34.9 Å². The van der Waals surface area contributed by atoms with Crippen molar-refractivity contribution >= 4 is 0 Å². The highest BCUT2D eigenvalue weighted by atomic mass is 16.5. The molecule has 0 bridgehead atoms. The van der Waals surface area contributed by atoms with Crippen molar-refractivity contribution < 1.29 is 4.74 Å². The molecule has 2 aliphatic rings. The molecule has 1 aromatic carbocycles. The van der Waals surface area contributed by atoms with Crippen LogP contribution in [0.2, 0.25) is 0 Å². The highest BCUT2D eigenvalue weighted by Crippen LogP contribution is 2.57. The molecule has 0 aromatic heterocycles. The number of benzene rings is 1. The summed E-state index contributed by atoms with van der Waals surface area (Å²) in [7, 11) is 2.11. The minimum absolute atomic E-state index is 0.447. The minimum Gasteiger partial charge on any atom is -0.372 e. The summed E-state index contributed by atoms with van der Waals surface area (Å²) in [5.41, 5.74) is 4.76. The molecule has 1 aromatic rings. The molecule has 0 amide bonds. The molecule has 1 aliphatic heterocycles. The van der Waals surface area contributed by atoms with E-state index >= 15 is 0 Å². The molecule has 0 radical (unpaired) electrons. The van der Waals surface area contributed by atoms with Gasteiger partial charge in [-0.15, -0.1) is 0 Å². The number of hydrogen-bond acceptors (Lipinski definition) is 2. The molecule has 2 unspecified atom stereocenters. The Labute approximate surface area is 116 Å². The van der Waals surface area contributed by atoms with Crippen LogP contribution in [0.3, 0.4) is 0 Å². The van der Waals surface area contributed by atoms with Crippen molar-refractivity contribution in [3.8, 4) is 0 Å². The Kier molecular flexibility index (Phi) is 3.40. The fourth-order valence-electron chi connectivity index (χ4n) is 4.31. The third-order valence-electron chi connectivity index (χ3n) is 5.67. The van der Waals surface area contributed by atoms with Crippen LogP contribution >= 0.6 is 0 Å². The van der Waals surface area contributed by atoms with Crippen molar-refractivity contribution in [1.82, 2.24) is 5.32 Å². The maximum Gasteiger partial charge on any atom is 0.0725 e. The van der Waals surface area contributed by atoms with E-state index in [0.29, 0.717) is 17.4 Å². The van der Waals surface area contributed by atoms with Gasteiger partial charge in [-0.05, 0) is 54.3 Å². The van der Waals surface area contributed by atoms with Gasteiger partial charge in [-0.3, -0.25) is 0 Å². The highest BCUT2D eigenvalue weighted by molar-refractivity contribution is 5.37. The van der Waals surface area contributed by atoms with Gasteiger partial charge < -0.3 is 10.1 Å². The molecule has 19 heavy (non-hydrogen) atoms. The number of fused-ring (bicyclic) bond motifs is 1. The van der Waals surface area contributed by atoms with E-state index in [9.17, 15) is 0 Å². The summed E-state index contributed by atoms with van der Waals surface area (Å²) in [6, 6.07) is 7.70. The molecule has 2 atom stereocenters. The van der Waals surface area contributed by atoms with E-state index in [4.69, 9.17) is 4.74 Å². The second-order valence-corrected chi connectivity index (χ2v) is 6.09. The first-order valence-electron chi connectivity index (χ1n) is 7.62. The lowest BCUT2D eigenvalue weighted by molar-refractivity contribution is 0.0245. The molecule has 1 fully saturated rings. The van der Waals surface area contributed by atoms with Gasteiger partial charge in [0.25, 0.3) is 0 Å². The van der Waals surface area contributed by atoms with Crippen LogP contribution in [0.4, 0.5) is 0 Å². The van der Waals surface area contributed by atoms with Gasteiger partial charge in [-0.2, -0.15) is 0 Å². The molecule has 1 N–H and O–H groups in total. The average molecular weight is 259 g/mol. The SMILES string of the molecule is CCC1(CC)C(NC)CC1c1ccc2c(c1)COC2. The van der Waals surface area contributed by atoms with Gasteiger partial charge in [-0.1, -0.05) is 32.0 Å². The van der Waals surface area contributed by atoms with Gasteiger partial charge in [0.05, 0.1) is 13.2 Å². The minimum atomic E-state index is 0.447. The fraction of sp³-hybridized carbons (Fsp3) is 0.647.